The molecule has 1 aromatic rings. The summed E-state index contributed by atoms with van der Waals surface area (Å²) in [5.41, 5.74) is 0.0776. The SMILES string of the molecule is C[C@@H](OC(=O)c1cc(Cl)ccc1Cl)C(=O)NC12CC3CC(CC(C3)C1)C2. The third-order valence-corrected chi connectivity index (χ3v) is 6.79. The molecule has 0 radical (unpaired) electrons. The Morgan fingerprint density at radius 1 is 1.12 bits per heavy atom. The van der Waals surface area contributed by atoms with Gasteiger partial charge in [0.05, 0.1) is 10.6 Å². The van der Waals surface area contributed by atoms with E-state index in [2.05, 4.69) is 5.32 Å². The van der Waals surface area contributed by atoms with Crippen LogP contribution in [-0.4, -0.2) is 23.5 Å². The lowest BCUT2D eigenvalue weighted by atomic mass is 9.53. The summed E-state index contributed by atoms with van der Waals surface area (Å²) < 4.78 is 5.35. The van der Waals surface area contributed by atoms with Crippen LogP contribution in [0.25, 0.3) is 0 Å². The molecule has 0 spiro atoms. The van der Waals surface area contributed by atoms with Crippen LogP contribution in [0.3, 0.4) is 0 Å². The van der Waals surface area contributed by atoms with Gasteiger partial charge in [0.2, 0.25) is 0 Å². The molecule has 0 aliphatic heterocycles. The minimum absolute atomic E-state index is 0.0970. The minimum atomic E-state index is -0.870. The van der Waals surface area contributed by atoms with E-state index in [1.807, 2.05) is 0 Å². The van der Waals surface area contributed by atoms with E-state index in [0.717, 1.165) is 37.0 Å². The van der Waals surface area contributed by atoms with Crippen molar-refractivity contribution in [2.45, 2.75) is 57.1 Å². The molecule has 0 aromatic heterocycles. The van der Waals surface area contributed by atoms with Crippen LogP contribution in [0.5, 0.6) is 0 Å². The van der Waals surface area contributed by atoms with E-state index < -0.39 is 12.1 Å². The van der Waals surface area contributed by atoms with Gasteiger partial charge in [0.1, 0.15) is 0 Å². The number of benzene rings is 1. The van der Waals surface area contributed by atoms with E-state index in [9.17, 15) is 9.59 Å². The van der Waals surface area contributed by atoms with Crippen LogP contribution < -0.4 is 5.32 Å². The first-order valence-electron chi connectivity index (χ1n) is 9.31. The largest absolute Gasteiger partial charge is 0.449 e. The monoisotopic (exact) mass is 395 g/mol. The maximum absolute atomic E-state index is 12.7. The zero-order chi connectivity index (χ0) is 18.5. The zero-order valence-electron chi connectivity index (χ0n) is 14.8. The average molecular weight is 396 g/mol. The molecule has 26 heavy (non-hydrogen) atoms. The molecule has 4 bridgehead atoms. The number of ether oxygens (including phenoxy) is 1. The number of halogens is 2. The molecule has 4 aliphatic rings. The zero-order valence-corrected chi connectivity index (χ0v) is 16.3. The summed E-state index contributed by atoms with van der Waals surface area (Å²) in [6, 6.07) is 4.60. The number of hydrogen-bond donors (Lipinski definition) is 1. The molecule has 0 saturated heterocycles. The van der Waals surface area contributed by atoms with Crippen molar-refractivity contribution in [3.63, 3.8) is 0 Å². The quantitative estimate of drug-likeness (QED) is 0.756. The second-order valence-corrected chi connectivity index (χ2v) is 9.20. The van der Waals surface area contributed by atoms with Gasteiger partial charge in [0, 0.05) is 10.6 Å². The fourth-order valence-corrected chi connectivity index (χ4v) is 5.93. The van der Waals surface area contributed by atoms with Gasteiger partial charge in [0.15, 0.2) is 6.10 Å². The van der Waals surface area contributed by atoms with Crippen LogP contribution in [0, 0.1) is 17.8 Å². The first kappa shape index (κ1) is 18.1. The number of rotatable bonds is 4. The highest BCUT2D eigenvalue weighted by atomic mass is 35.5. The molecule has 5 rings (SSSR count). The van der Waals surface area contributed by atoms with Crippen LogP contribution in [0.2, 0.25) is 10.0 Å². The van der Waals surface area contributed by atoms with Crippen LogP contribution in [0.1, 0.15) is 55.8 Å². The highest BCUT2D eigenvalue weighted by Crippen LogP contribution is 2.55. The third kappa shape index (κ3) is 3.46. The Morgan fingerprint density at radius 3 is 2.27 bits per heavy atom. The van der Waals surface area contributed by atoms with E-state index in [-0.39, 0.29) is 22.0 Å². The summed E-state index contributed by atoms with van der Waals surface area (Å²) in [4.78, 5) is 25.1. The predicted molar refractivity (Wildman–Crippen MR) is 100 cm³/mol. The second-order valence-electron chi connectivity index (χ2n) is 8.36. The Labute approximate surface area is 163 Å². The van der Waals surface area contributed by atoms with Crippen molar-refractivity contribution in [3.8, 4) is 0 Å². The van der Waals surface area contributed by atoms with Gasteiger partial charge in [-0.1, -0.05) is 23.2 Å². The fraction of sp³-hybridized carbons (Fsp3) is 0.600. The second kappa shape index (κ2) is 6.72. The van der Waals surface area contributed by atoms with Crippen molar-refractivity contribution in [1.82, 2.24) is 5.32 Å². The molecule has 1 aromatic carbocycles. The molecule has 4 aliphatic carbocycles. The van der Waals surface area contributed by atoms with E-state index in [1.54, 1.807) is 19.1 Å². The molecule has 4 nitrogen and oxygen atoms in total. The van der Waals surface area contributed by atoms with Gasteiger partial charge in [-0.15, -0.1) is 0 Å². The summed E-state index contributed by atoms with van der Waals surface area (Å²) in [7, 11) is 0. The summed E-state index contributed by atoms with van der Waals surface area (Å²) in [6.45, 7) is 1.60. The van der Waals surface area contributed by atoms with E-state index in [1.165, 1.54) is 25.3 Å². The average Bonchev–Trinajstić information content (AvgIpc) is 2.55. The van der Waals surface area contributed by atoms with Crippen molar-refractivity contribution in [2.24, 2.45) is 17.8 Å². The molecular formula is C20H23Cl2NO3. The van der Waals surface area contributed by atoms with Gasteiger partial charge >= 0.3 is 5.97 Å². The van der Waals surface area contributed by atoms with Crippen LogP contribution in [0.15, 0.2) is 18.2 Å². The van der Waals surface area contributed by atoms with Gasteiger partial charge in [-0.05, 0) is 81.4 Å². The standard InChI is InChI=1S/C20H23Cl2NO3/c1-11(26-19(25)16-7-15(21)2-3-17(16)22)18(24)23-20-8-12-4-13(9-20)6-14(5-12)10-20/h2-3,7,11-14H,4-6,8-10H2,1H3,(H,23,24)/t11-,12?,13?,14?,20?/m1/s1. The van der Waals surface area contributed by atoms with Gasteiger partial charge in [0.25, 0.3) is 5.91 Å². The number of nitrogens with one attached hydrogen (secondary N) is 1. The molecule has 140 valence electrons. The van der Waals surface area contributed by atoms with Crippen molar-refractivity contribution >= 4 is 35.1 Å². The summed E-state index contributed by atoms with van der Waals surface area (Å²) in [5.74, 6) is 1.36. The van der Waals surface area contributed by atoms with Gasteiger partial charge in [-0.2, -0.15) is 0 Å². The summed E-state index contributed by atoms with van der Waals surface area (Å²) in [6.07, 6.45) is 6.25. The normalized spacial score (nSPS) is 33.0. The fourth-order valence-electron chi connectivity index (χ4n) is 5.56. The third-order valence-electron chi connectivity index (χ3n) is 6.23. The highest BCUT2D eigenvalue weighted by Gasteiger charge is 2.51. The molecule has 4 saturated carbocycles. The van der Waals surface area contributed by atoms with Gasteiger partial charge in [-0.25, -0.2) is 4.79 Å². The molecule has 4 fully saturated rings. The molecule has 0 unspecified atom stereocenters. The first-order valence-corrected chi connectivity index (χ1v) is 10.1. The predicted octanol–water partition coefficient (Wildman–Crippen LogP) is 4.62. The van der Waals surface area contributed by atoms with Gasteiger partial charge in [-0.3, -0.25) is 4.79 Å². The number of hydrogen-bond acceptors (Lipinski definition) is 3. The Morgan fingerprint density at radius 2 is 1.69 bits per heavy atom. The molecule has 0 heterocycles. The van der Waals surface area contributed by atoms with Crippen molar-refractivity contribution < 1.29 is 14.3 Å². The molecule has 1 N–H and O–H groups in total. The maximum atomic E-state index is 12.7. The molecular weight excluding hydrogens is 373 g/mol. The lowest BCUT2D eigenvalue weighted by Gasteiger charge is -2.57. The number of esters is 1. The van der Waals surface area contributed by atoms with Crippen LogP contribution >= 0.6 is 23.2 Å². The number of amides is 1. The van der Waals surface area contributed by atoms with Crippen molar-refractivity contribution in [3.05, 3.63) is 33.8 Å². The summed E-state index contributed by atoms with van der Waals surface area (Å²) >= 11 is 12.0. The first-order chi connectivity index (χ1) is 12.3. The topological polar surface area (TPSA) is 55.4 Å². The number of carbonyl (C=O) groups excluding carboxylic acids is 2. The molecule has 1 amide bonds. The van der Waals surface area contributed by atoms with E-state index in [0.29, 0.717) is 5.02 Å². The molecule has 1 atom stereocenters. The number of carbonyl (C=O) groups is 2. The maximum Gasteiger partial charge on any atom is 0.340 e. The van der Waals surface area contributed by atoms with E-state index >= 15 is 0 Å². The minimum Gasteiger partial charge on any atom is -0.449 e. The van der Waals surface area contributed by atoms with Crippen molar-refractivity contribution in [2.75, 3.05) is 0 Å². The highest BCUT2D eigenvalue weighted by molar-refractivity contribution is 6.35. The Bertz CT molecular complexity index is 713. The summed E-state index contributed by atoms with van der Waals surface area (Å²) in [5, 5.41) is 3.88. The Kier molecular flexibility index (Phi) is 4.68. The lowest BCUT2D eigenvalue weighted by molar-refractivity contribution is -0.134. The lowest BCUT2D eigenvalue weighted by Crippen LogP contribution is -2.61. The van der Waals surface area contributed by atoms with Crippen LogP contribution in [-0.2, 0) is 9.53 Å². The Balaban J connectivity index is 1.41. The van der Waals surface area contributed by atoms with E-state index in [4.69, 9.17) is 27.9 Å². The van der Waals surface area contributed by atoms with Crippen LogP contribution in [0.4, 0.5) is 0 Å². The smallest absolute Gasteiger partial charge is 0.340 e. The molecule has 6 heteroatoms. The van der Waals surface area contributed by atoms with Gasteiger partial charge < -0.3 is 10.1 Å². The van der Waals surface area contributed by atoms with Crippen molar-refractivity contribution in [1.29, 1.82) is 0 Å². The Hall–Kier alpha value is -1.26.